The average Bonchev–Trinajstić information content (AvgIpc) is 2.90. The number of pyridine rings is 1. The Morgan fingerprint density at radius 3 is 1.93 bits per heavy atom. The van der Waals surface area contributed by atoms with Gasteiger partial charge in [0.25, 0.3) is 0 Å². The third-order valence-corrected chi connectivity index (χ3v) is 5.99. The number of hydrogen-bond acceptors (Lipinski definition) is 2. The van der Waals surface area contributed by atoms with Crippen molar-refractivity contribution in [2.75, 3.05) is 0 Å². The van der Waals surface area contributed by atoms with Crippen molar-refractivity contribution in [3.63, 3.8) is 0 Å². The number of aromatic nitrogens is 1. The van der Waals surface area contributed by atoms with Gasteiger partial charge in [-0.3, -0.25) is 4.98 Å². The summed E-state index contributed by atoms with van der Waals surface area (Å²) < 4.78 is 0. The first kappa shape index (κ1) is 17.8. The Morgan fingerprint density at radius 1 is 0.690 bits per heavy atom. The Kier molecular flexibility index (Phi) is 4.49. The lowest BCUT2D eigenvalue weighted by atomic mass is 9.79. The topological polar surface area (TPSA) is 33.1 Å². The summed E-state index contributed by atoms with van der Waals surface area (Å²) in [5.41, 5.74) is 6.40. The molecule has 0 spiro atoms. The average molecular weight is 377 g/mol. The van der Waals surface area contributed by atoms with Gasteiger partial charge in [-0.2, -0.15) is 0 Å². The van der Waals surface area contributed by atoms with E-state index in [1.165, 1.54) is 11.1 Å². The van der Waals surface area contributed by atoms with Crippen LogP contribution in [0.2, 0.25) is 0 Å². The maximum atomic E-state index is 12.2. The molecule has 5 rings (SSSR count). The molecule has 0 bridgehead atoms. The fourth-order valence-corrected chi connectivity index (χ4v) is 4.59. The molecule has 0 amide bonds. The van der Waals surface area contributed by atoms with Gasteiger partial charge >= 0.3 is 0 Å². The summed E-state index contributed by atoms with van der Waals surface area (Å²) in [4.78, 5) is 4.71. The highest BCUT2D eigenvalue weighted by Crippen LogP contribution is 2.41. The Bertz CT molecular complexity index is 1100. The zero-order valence-corrected chi connectivity index (χ0v) is 16.3. The second kappa shape index (κ2) is 7.31. The molecule has 142 valence electrons. The molecule has 3 aromatic carbocycles. The van der Waals surface area contributed by atoms with E-state index in [-0.39, 0.29) is 0 Å². The maximum absolute atomic E-state index is 12.2. The van der Waals surface area contributed by atoms with E-state index in [1.54, 1.807) is 0 Å². The van der Waals surface area contributed by atoms with Crippen molar-refractivity contribution in [3.05, 3.63) is 125 Å². The SMILES string of the molecule is OC1(Cc2ncccc2-c2ccccc2)c2ccccc2CCc2ccccc21. The van der Waals surface area contributed by atoms with Gasteiger partial charge in [-0.15, -0.1) is 0 Å². The van der Waals surface area contributed by atoms with Crippen LogP contribution in [0.3, 0.4) is 0 Å². The highest BCUT2D eigenvalue weighted by molar-refractivity contribution is 5.66. The Hall–Kier alpha value is -3.23. The summed E-state index contributed by atoms with van der Waals surface area (Å²) >= 11 is 0. The summed E-state index contributed by atoms with van der Waals surface area (Å²) in [7, 11) is 0. The van der Waals surface area contributed by atoms with Gasteiger partial charge in [0.15, 0.2) is 0 Å². The van der Waals surface area contributed by atoms with Crippen molar-refractivity contribution in [2.24, 2.45) is 0 Å². The number of nitrogens with zero attached hydrogens (tertiary/aromatic N) is 1. The Morgan fingerprint density at radius 2 is 1.28 bits per heavy atom. The van der Waals surface area contributed by atoms with Crippen LogP contribution in [0, 0.1) is 0 Å². The molecule has 0 radical (unpaired) electrons. The van der Waals surface area contributed by atoms with Gasteiger partial charge in [0.2, 0.25) is 0 Å². The molecule has 0 unspecified atom stereocenters. The highest BCUT2D eigenvalue weighted by atomic mass is 16.3. The number of hydrogen-bond donors (Lipinski definition) is 1. The minimum atomic E-state index is -1.11. The van der Waals surface area contributed by atoms with Crippen molar-refractivity contribution >= 4 is 0 Å². The molecule has 1 aliphatic rings. The van der Waals surface area contributed by atoms with Crippen LogP contribution >= 0.6 is 0 Å². The molecule has 29 heavy (non-hydrogen) atoms. The number of fused-ring (bicyclic) bond motifs is 2. The van der Waals surface area contributed by atoms with Crippen LogP contribution in [-0.2, 0) is 24.9 Å². The summed E-state index contributed by atoms with van der Waals surface area (Å²) in [6, 6.07) is 30.9. The van der Waals surface area contributed by atoms with E-state index >= 15 is 0 Å². The lowest BCUT2D eigenvalue weighted by Crippen LogP contribution is -2.32. The molecule has 1 aromatic heterocycles. The van der Waals surface area contributed by atoms with E-state index in [0.717, 1.165) is 40.8 Å². The van der Waals surface area contributed by atoms with Crippen LogP contribution in [0.5, 0.6) is 0 Å². The molecule has 2 heteroatoms. The van der Waals surface area contributed by atoms with E-state index in [9.17, 15) is 5.11 Å². The van der Waals surface area contributed by atoms with Gasteiger partial charge in [0, 0.05) is 18.2 Å². The van der Waals surface area contributed by atoms with Crippen LogP contribution in [0.25, 0.3) is 11.1 Å². The highest BCUT2D eigenvalue weighted by Gasteiger charge is 2.38. The second-order valence-corrected chi connectivity index (χ2v) is 7.72. The first-order valence-corrected chi connectivity index (χ1v) is 10.1. The van der Waals surface area contributed by atoms with Gasteiger partial charge in [-0.05, 0) is 46.7 Å². The fraction of sp³-hybridized carbons (Fsp3) is 0.148. The summed E-state index contributed by atoms with van der Waals surface area (Å²) in [5, 5.41) is 12.2. The molecular weight excluding hydrogens is 354 g/mol. The van der Waals surface area contributed by atoms with Crippen molar-refractivity contribution in [2.45, 2.75) is 24.9 Å². The summed E-state index contributed by atoms with van der Waals surface area (Å²) in [5.74, 6) is 0. The lowest BCUT2D eigenvalue weighted by Gasteiger charge is -2.31. The first-order chi connectivity index (χ1) is 14.3. The monoisotopic (exact) mass is 377 g/mol. The Labute approximate surface area is 171 Å². The predicted molar refractivity (Wildman–Crippen MR) is 117 cm³/mol. The van der Waals surface area contributed by atoms with Crippen molar-refractivity contribution < 1.29 is 5.11 Å². The van der Waals surface area contributed by atoms with E-state index in [1.807, 2.05) is 42.6 Å². The van der Waals surface area contributed by atoms with E-state index in [4.69, 9.17) is 4.98 Å². The smallest absolute Gasteiger partial charge is 0.121 e. The molecule has 0 fully saturated rings. The van der Waals surface area contributed by atoms with Gasteiger partial charge in [-0.25, -0.2) is 0 Å². The van der Waals surface area contributed by atoms with Crippen molar-refractivity contribution in [1.29, 1.82) is 0 Å². The zero-order chi connectivity index (χ0) is 19.7. The van der Waals surface area contributed by atoms with Crippen LogP contribution in [0.4, 0.5) is 0 Å². The van der Waals surface area contributed by atoms with Gasteiger partial charge in [0.05, 0.1) is 5.69 Å². The first-order valence-electron chi connectivity index (χ1n) is 10.1. The predicted octanol–water partition coefficient (Wildman–Crippen LogP) is 5.33. The summed E-state index contributed by atoms with van der Waals surface area (Å²) in [6.07, 6.45) is 4.12. The van der Waals surface area contributed by atoms with Crippen LogP contribution in [0.15, 0.2) is 97.2 Å². The van der Waals surface area contributed by atoms with Gasteiger partial charge in [0.1, 0.15) is 5.60 Å². The lowest BCUT2D eigenvalue weighted by molar-refractivity contribution is 0.0795. The van der Waals surface area contributed by atoms with Crippen LogP contribution < -0.4 is 0 Å². The molecule has 0 aliphatic heterocycles. The minimum absolute atomic E-state index is 0.437. The molecule has 1 aliphatic carbocycles. The zero-order valence-electron chi connectivity index (χ0n) is 16.3. The minimum Gasteiger partial charge on any atom is -0.380 e. The van der Waals surface area contributed by atoms with E-state index < -0.39 is 5.60 Å². The second-order valence-electron chi connectivity index (χ2n) is 7.72. The molecule has 4 aromatic rings. The van der Waals surface area contributed by atoms with Gasteiger partial charge < -0.3 is 5.11 Å². The maximum Gasteiger partial charge on any atom is 0.121 e. The Balaban J connectivity index is 1.70. The third kappa shape index (κ3) is 3.16. The number of benzene rings is 3. The fourth-order valence-electron chi connectivity index (χ4n) is 4.59. The molecule has 0 saturated carbocycles. The van der Waals surface area contributed by atoms with E-state index in [2.05, 4.69) is 54.6 Å². The van der Waals surface area contributed by atoms with Crippen LogP contribution in [0.1, 0.15) is 27.9 Å². The van der Waals surface area contributed by atoms with Crippen molar-refractivity contribution in [1.82, 2.24) is 4.98 Å². The molecular formula is C27H23NO. The van der Waals surface area contributed by atoms with E-state index in [0.29, 0.717) is 6.42 Å². The molecule has 0 atom stereocenters. The quantitative estimate of drug-likeness (QED) is 0.524. The third-order valence-electron chi connectivity index (χ3n) is 5.99. The number of rotatable bonds is 3. The number of aliphatic hydroxyl groups is 1. The normalized spacial score (nSPS) is 14.5. The molecule has 2 nitrogen and oxygen atoms in total. The molecule has 0 saturated heterocycles. The number of aryl methyl sites for hydroxylation is 2. The standard InChI is InChI=1S/C27H23NO/c29-27(19-26-23(13-8-18-28-26)20-9-2-1-3-10-20)24-14-6-4-11-21(24)16-17-22-12-5-7-15-25(22)27/h1-15,18,29H,16-17,19H2. The van der Waals surface area contributed by atoms with Gasteiger partial charge in [-0.1, -0.05) is 84.9 Å². The largest absolute Gasteiger partial charge is 0.380 e. The molecule has 1 N–H and O–H groups in total. The molecule has 1 heterocycles. The summed E-state index contributed by atoms with van der Waals surface area (Å²) in [6.45, 7) is 0. The van der Waals surface area contributed by atoms with Crippen molar-refractivity contribution in [3.8, 4) is 11.1 Å². The van der Waals surface area contributed by atoms with Crippen LogP contribution in [-0.4, -0.2) is 10.1 Å².